The molecule has 0 unspecified atom stereocenters. The number of halogens is 5. The van der Waals surface area contributed by atoms with E-state index in [0.717, 1.165) is 11.0 Å². The minimum Gasteiger partial charge on any atom is -0.357 e. The van der Waals surface area contributed by atoms with Gasteiger partial charge in [0.15, 0.2) is 0 Å². The highest BCUT2D eigenvalue weighted by molar-refractivity contribution is 7.98. The number of aromatic amines is 2. The number of thioether (sulfide) groups is 1. The van der Waals surface area contributed by atoms with Crippen molar-refractivity contribution in [3.63, 3.8) is 0 Å². The third-order valence-electron chi connectivity index (χ3n) is 4.06. The molecular formula is C16H12ClF4N3O2S. The SMILES string of the molecule is CSc1c(C)[nH]c2c(Cn3c(C(F)(F)F)cc(=O)[nH]c3=O)c(F)cc(Cl)c12. The zero-order valence-corrected chi connectivity index (χ0v) is 15.5. The molecule has 27 heavy (non-hydrogen) atoms. The number of aromatic nitrogens is 3. The number of fused-ring (bicyclic) bond motifs is 1. The van der Waals surface area contributed by atoms with E-state index < -0.39 is 35.5 Å². The van der Waals surface area contributed by atoms with Crippen molar-refractivity contribution in [3.05, 3.63) is 60.8 Å². The molecule has 0 fully saturated rings. The van der Waals surface area contributed by atoms with Gasteiger partial charge in [0.05, 0.1) is 17.1 Å². The predicted octanol–water partition coefficient (Wildman–Crippen LogP) is 3.91. The third-order valence-corrected chi connectivity index (χ3v) is 5.27. The van der Waals surface area contributed by atoms with Gasteiger partial charge in [-0.25, -0.2) is 9.18 Å². The molecule has 0 aliphatic rings. The van der Waals surface area contributed by atoms with E-state index in [9.17, 15) is 27.2 Å². The molecule has 1 aromatic carbocycles. The lowest BCUT2D eigenvalue weighted by atomic mass is 10.1. The maximum atomic E-state index is 14.6. The lowest BCUT2D eigenvalue weighted by Gasteiger charge is -2.15. The molecule has 11 heteroatoms. The molecule has 3 aromatic rings. The molecule has 5 nitrogen and oxygen atoms in total. The quantitative estimate of drug-likeness (QED) is 0.497. The van der Waals surface area contributed by atoms with Crippen LogP contribution < -0.4 is 11.2 Å². The second-order valence-corrected chi connectivity index (χ2v) is 6.98. The fraction of sp³-hybridized carbons (Fsp3) is 0.250. The Hall–Kier alpha value is -2.20. The van der Waals surface area contributed by atoms with Crippen molar-refractivity contribution in [2.24, 2.45) is 0 Å². The van der Waals surface area contributed by atoms with Crippen LogP contribution >= 0.6 is 23.4 Å². The third kappa shape index (κ3) is 3.39. The van der Waals surface area contributed by atoms with E-state index in [-0.39, 0.29) is 26.7 Å². The van der Waals surface area contributed by atoms with Crippen LogP contribution in [0.2, 0.25) is 5.02 Å². The van der Waals surface area contributed by atoms with Gasteiger partial charge in [-0.2, -0.15) is 13.2 Å². The first-order valence-corrected chi connectivity index (χ1v) is 9.09. The zero-order valence-electron chi connectivity index (χ0n) is 13.9. The molecule has 0 radical (unpaired) electrons. The van der Waals surface area contributed by atoms with Crippen LogP contribution in [0.5, 0.6) is 0 Å². The minimum atomic E-state index is -4.97. The zero-order chi connectivity index (χ0) is 20.1. The van der Waals surface area contributed by atoms with E-state index in [0.29, 0.717) is 11.1 Å². The molecule has 0 bridgehead atoms. The molecule has 2 heterocycles. The second kappa shape index (κ2) is 6.75. The standard InChI is InChI=1S/C16H12ClF4N3O2S/c1-6-14(27-2)12-8(17)3-9(18)7(13(12)22-6)5-24-10(16(19,20)21)4-11(25)23-15(24)26/h3-4,22H,5H2,1-2H3,(H,23,25,26). The maximum Gasteiger partial charge on any atom is 0.431 e. The molecule has 0 aliphatic carbocycles. The van der Waals surface area contributed by atoms with Gasteiger partial charge in [-0.3, -0.25) is 14.3 Å². The molecule has 3 rings (SSSR count). The molecule has 0 saturated heterocycles. The van der Waals surface area contributed by atoms with Crippen molar-refractivity contribution in [1.82, 2.24) is 14.5 Å². The van der Waals surface area contributed by atoms with Gasteiger partial charge in [0, 0.05) is 27.6 Å². The van der Waals surface area contributed by atoms with Crippen molar-refractivity contribution < 1.29 is 17.6 Å². The molecule has 0 spiro atoms. The lowest BCUT2D eigenvalue weighted by molar-refractivity contribution is -0.144. The number of hydrogen-bond acceptors (Lipinski definition) is 3. The predicted molar refractivity (Wildman–Crippen MR) is 95.2 cm³/mol. The van der Waals surface area contributed by atoms with Gasteiger partial charge >= 0.3 is 11.9 Å². The summed E-state index contributed by atoms with van der Waals surface area (Å²) < 4.78 is 54.7. The van der Waals surface area contributed by atoms with E-state index in [1.54, 1.807) is 18.2 Å². The van der Waals surface area contributed by atoms with Crippen LogP contribution in [0.4, 0.5) is 17.6 Å². The van der Waals surface area contributed by atoms with Crippen LogP contribution in [0.1, 0.15) is 17.0 Å². The van der Waals surface area contributed by atoms with Crippen molar-refractivity contribution in [3.8, 4) is 0 Å². The van der Waals surface area contributed by atoms with E-state index in [4.69, 9.17) is 11.6 Å². The van der Waals surface area contributed by atoms with Crippen molar-refractivity contribution in [1.29, 1.82) is 0 Å². The van der Waals surface area contributed by atoms with Crippen molar-refractivity contribution in [2.75, 3.05) is 6.26 Å². The van der Waals surface area contributed by atoms with Crippen LogP contribution in [0.3, 0.4) is 0 Å². The van der Waals surface area contributed by atoms with Gasteiger partial charge in [0.1, 0.15) is 11.5 Å². The van der Waals surface area contributed by atoms with Gasteiger partial charge in [-0.15, -0.1) is 11.8 Å². The average molecular weight is 422 g/mol. The number of benzene rings is 1. The Morgan fingerprint density at radius 2 is 1.89 bits per heavy atom. The summed E-state index contributed by atoms with van der Waals surface area (Å²) in [6.07, 6.45) is -3.19. The van der Waals surface area contributed by atoms with Crippen LogP contribution in [0.15, 0.2) is 26.6 Å². The van der Waals surface area contributed by atoms with E-state index in [1.165, 1.54) is 11.8 Å². The highest BCUT2D eigenvalue weighted by Crippen LogP contribution is 2.38. The first kappa shape index (κ1) is 19.6. The lowest BCUT2D eigenvalue weighted by Crippen LogP contribution is -2.35. The number of aryl methyl sites for hydroxylation is 1. The number of alkyl halides is 3. The van der Waals surface area contributed by atoms with Crippen LogP contribution in [-0.4, -0.2) is 20.8 Å². The first-order chi connectivity index (χ1) is 12.5. The Morgan fingerprint density at radius 3 is 2.48 bits per heavy atom. The van der Waals surface area contributed by atoms with E-state index >= 15 is 0 Å². The topological polar surface area (TPSA) is 70.7 Å². The first-order valence-electron chi connectivity index (χ1n) is 7.49. The summed E-state index contributed by atoms with van der Waals surface area (Å²) in [6, 6.07) is 1.26. The monoisotopic (exact) mass is 421 g/mol. The fourth-order valence-corrected chi connectivity index (χ4v) is 4.05. The maximum absolute atomic E-state index is 14.6. The number of nitrogens with zero attached hydrogens (tertiary/aromatic N) is 1. The summed E-state index contributed by atoms with van der Waals surface area (Å²) in [7, 11) is 0. The Balaban J connectivity index is 2.31. The smallest absolute Gasteiger partial charge is 0.357 e. The molecule has 0 amide bonds. The van der Waals surface area contributed by atoms with Crippen molar-refractivity contribution >= 4 is 34.3 Å². The van der Waals surface area contributed by atoms with Gasteiger partial charge in [-0.1, -0.05) is 11.6 Å². The molecular weight excluding hydrogens is 410 g/mol. The van der Waals surface area contributed by atoms with E-state index in [1.807, 2.05) is 0 Å². The average Bonchev–Trinajstić information content (AvgIpc) is 2.88. The second-order valence-electron chi connectivity index (χ2n) is 5.76. The summed E-state index contributed by atoms with van der Waals surface area (Å²) in [4.78, 5) is 28.7. The van der Waals surface area contributed by atoms with Gasteiger partial charge in [-0.05, 0) is 19.2 Å². The van der Waals surface area contributed by atoms with Crippen LogP contribution in [0, 0.1) is 12.7 Å². The van der Waals surface area contributed by atoms with E-state index in [2.05, 4.69) is 4.98 Å². The summed E-state index contributed by atoms with van der Waals surface area (Å²) in [5, 5.41) is 0.564. The molecule has 144 valence electrons. The normalized spacial score (nSPS) is 12.1. The Kier molecular flexibility index (Phi) is 4.89. The van der Waals surface area contributed by atoms with Crippen LogP contribution in [-0.2, 0) is 12.7 Å². The van der Waals surface area contributed by atoms with Gasteiger partial charge in [0.25, 0.3) is 5.56 Å². The largest absolute Gasteiger partial charge is 0.431 e. The van der Waals surface area contributed by atoms with Crippen molar-refractivity contribution in [2.45, 2.75) is 24.5 Å². The van der Waals surface area contributed by atoms with Gasteiger partial charge < -0.3 is 4.98 Å². The van der Waals surface area contributed by atoms with Crippen LogP contribution in [0.25, 0.3) is 10.9 Å². The molecule has 0 saturated carbocycles. The highest BCUT2D eigenvalue weighted by Gasteiger charge is 2.35. The number of rotatable bonds is 3. The Morgan fingerprint density at radius 1 is 1.22 bits per heavy atom. The number of H-pyrrole nitrogens is 2. The summed E-state index contributed by atoms with van der Waals surface area (Å²) >= 11 is 7.47. The summed E-state index contributed by atoms with van der Waals surface area (Å²) in [5.74, 6) is -0.868. The highest BCUT2D eigenvalue weighted by atomic mass is 35.5. The summed E-state index contributed by atoms with van der Waals surface area (Å²) in [6.45, 7) is 0.981. The molecule has 2 aromatic heterocycles. The number of hydrogen-bond donors (Lipinski definition) is 2. The minimum absolute atomic E-state index is 0.102. The van der Waals surface area contributed by atoms with Gasteiger partial charge in [0.2, 0.25) is 0 Å². The molecule has 0 atom stereocenters. The Bertz CT molecular complexity index is 1160. The fourth-order valence-electron chi connectivity index (χ4n) is 2.93. The summed E-state index contributed by atoms with van der Waals surface area (Å²) in [5.41, 5.74) is -3.25. The molecule has 0 aliphatic heterocycles. The molecule has 2 N–H and O–H groups in total. The number of nitrogens with one attached hydrogen (secondary N) is 2. The Labute approximate surface area is 158 Å².